The Morgan fingerprint density at radius 3 is 2.10 bits per heavy atom. The average molecular weight is 281 g/mol. The van der Waals surface area contributed by atoms with Gasteiger partial charge in [0.05, 0.1) is 5.56 Å². The molecule has 0 saturated carbocycles. The summed E-state index contributed by atoms with van der Waals surface area (Å²) in [7, 11) is 0. The van der Waals surface area contributed by atoms with Gasteiger partial charge >= 0.3 is 5.97 Å². The van der Waals surface area contributed by atoms with Crippen molar-refractivity contribution in [3.63, 3.8) is 0 Å². The molecule has 0 atom stereocenters. The number of aromatic nitrogens is 7. The molecule has 3 heterocycles. The number of hydrogen-bond donors (Lipinski definition) is 1. The van der Waals surface area contributed by atoms with Gasteiger partial charge in [0.2, 0.25) is 17.5 Å². The van der Waals surface area contributed by atoms with Crippen LogP contribution in [0.1, 0.15) is 10.4 Å². The van der Waals surface area contributed by atoms with Crippen molar-refractivity contribution < 1.29 is 9.90 Å². The lowest BCUT2D eigenvalue weighted by Crippen LogP contribution is -2.03. The molecule has 0 aliphatic heterocycles. The van der Waals surface area contributed by atoms with Crippen molar-refractivity contribution in [1.82, 2.24) is 35.3 Å². The number of carboxylic acids is 1. The molecular weight excluding hydrogens is 274 g/mol. The largest absolute Gasteiger partial charge is 0.478 e. The van der Waals surface area contributed by atoms with E-state index in [0.717, 1.165) is 0 Å². The number of hydrogen-bond acceptors (Lipinski definition) is 8. The summed E-state index contributed by atoms with van der Waals surface area (Å²) in [5, 5.41) is 24.3. The van der Waals surface area contributed by atoms with Crippen LogP contribution in [0.5, 0.6) is 0 Å². The second kappa shape index (κ2) is 5.33. The second-order valence-electron chi connectivity index (χ2n) is 3.86. The lowest BCUT2D eigenvalue weighted by atomic mass is 10.2. The molecule has 0 fully saturated rings. The molecule has 1 N–H and O–H groups in total. The zero-order valence-corrected chi connectivity index (χ0v) is 10.5. The molecule has 0 amide bonds. The van der Waals surface area contributed by atoms with Crippen molar-refractivity contribution >= 4 is 5.97 Å². The lowest BCUT2D eigenvalue weighted by molar-refractivity contribution is 0.0696. The molecule has 3 aromatic heterocycles. The summed E-state index contributed by atoms with van der Waals surface area (Å²) in [4.78, 5) is 22.7. The van der Waals surface area contributed by atoms with Crippen molar-refractivity contribution in [1.29, 1.82) is 0 Å². The third-order valence-corrected chi connectivity index (χ3v) is 2.48. The van der Waals surface area contributed by atoms with E-state index >= 15 is 0 Å². The van der Waals surface area contributed by atoms with Gasteiger partial charge < -0.3 is 5.11 Å². The Balaban J connectivity index is 1.89. The van der Waals surface area contributed by atoms with Crippen molar-refractivity contribution in [2.24, 2.45) is 0 Å². The van der Waals surface area contributed by atoms with Gasteiger partial charge in [-0.1, -0.05) is 0 Å². The number of nitrogens with zero attached hydrogens (tertiary/aromatic N) is 7. The van der Waals surface area contributed by atoms with Gasteiger partial charge in [0, 0.05) is 18.6 Å². The number of pyridine rings is 1. The van der Waals surface area contributed by atoms with E-state index in [9.17, 15) is 4.79 Å². The first-order chi connectivity index (χ1) is 10.2. The summed E-state index contributed by atoms with van der Waals surface area (Å²) in [5.74, 6) is -0.353. The quantitative estimate of drug-likeness (QED) is 0.728. The predicted molar refractivity (Wildman–Crippen MR) is 68.8 cm³/mol. The van der Waals surface area contributed by atoms with Crippen LogP contribution in [0.2, 0.25) is 0 Å². The van der Waals surface area contributed by atoms with Gasteiger partial charge in [-0.2, -0.15) is 0 Å². The minimum absolute atomic E-state index is 0.0778. The Labute approximate surface area is 117 Å². The summed E-state index contributed by atoms with van der Waals surface area (Å²) >= 11 is 0. The number of aromatic carboxylic acids is 1. The van der Waals surface area contributed by atoms with E-state index in [1.165, 1.54) is 18.3 Å². The first-order valence-corrected chi connectivity index (χ1v) is 5.78. The SMILES string of the molecule is O=C(O)c1ccc(-c2nnc(-c3ncccn3)nn2)nc1. The molecule has 9 heteroatoms. The van der Waals surface area contributed by atoms with E-state index in [1.54, 1.807) is 18.5 Å². The number of rotatable bonds is 3. The summed E-state index contributed by atoms with van der Waals surface area (Å²) < 4.78 is 0. The van der Waals surface area contributed by atoms with Crippen LogP contribution in [-0.2, 0) is 0 Å². The number of carbonyl (C=O) groups is 1. The van der Waals surface area contributed by atoms with Crippen molar-refractivity contribution in [2.45, 2.75) is 0 Å². The summed E-state index contributed by atoms with van der Waals surface area (Å²) in [5.41, 5.74) is 0.453. The van der Waals surface area contributed by atoms with Gasteiger partial charge in [-0.3, -0.25) is 4.98 Å². The topological polar surface area (TPSA) is 128 Å². The van der Waals surface area contributed by atoms with Crippen LogP contribution in [0.15, 0.2) is 36.8 Å². The minimum Gasteiger partial charge on any atom is -0.478 e. The molecule has 9 nitrogen and oxygen atoms in total. The van der Waals surface area contributed by atoms with E-state index < -0.39 is 5.97 Å². The van der Waals surface area contributed by atoms with Crippen LogP contribution in [0, 0.1) is 0 Å². The highest BCUT2D eigenvalue weighted by atomic mass is 16.4. The highest BCUT2D eigenvalue weighted by molar-refractivity contribution is 5.87. The first kappa shape index (κ1) is 12.7. The molecule has 0 bridgehead atoms. The zero-order chi connectivity index (χ0) is 14.7. The monoisotopic (exact) mass is 281 g/mol. The summed E-state index contributed by atoms with van der Waals surface area (Å²) in [6, 6.07) is 4.57. The average Bonchev–Trinajstić information content (AvgIpc) is 2.56. The van der Waals surface area contributed by atoms with Crippen molar-refractivity contribution in [3.05, 3.63) is 42.4 Å². The Morgan fingerprint density at radius 1 is 0.857 bits per heavy atom. The molecule has 0 saturated heterocycles. The van der Waals surface area contributed by atoms with Crippen LogP contribution in [0.25, 0.3) is 23.2 Å². The van der Waals surface area contributed by atoms with Gasteiger partial charge in [-0.25, -0.2) is 14.8 Å². The van der Waals surface area contributed by atoms with E-state index in [1.807, 2.05) is 0 Å². The van der Waals surface area contributed by atoms with E-state index in [4.69, 9.17) is 5.11 Å². The highest BCUT2D eigenvalue weighted by Gasteiger charge is 2.10. The molecule has 0 radical (unpaired) electrons. The normalized spacial score (nSPS) is 10.3. The maximum absolute atomic E-state index is 10.7. The van der Waals surface area contributed by atoms with E-state index in [-0.39, 0.29) is 17.2 Å². The maximum atomic E-state index is 10.7. The fraction of sp³-hybridized carbons (Fsp3) is 0. The highest BCUT2D eigenvalue weighted by Crippen LogP contribution is 2.12. The molecule has 0 unspecified atom stereocenters. The second-order valence-corrected chi connectivity index (χ2v) is 3.86. The Hall–Kier alpha value is -3.36. The van der Waals surface area contributed by atoms with Gasteiger partial charge in [-0.05, 0) is 18.2 Å². The molecule has 3 aromatic rings. The molecule has 3 rings (SSSR count). The maximum Gasteiger partial charge on any atom is 0.337 e. The van der Waals surface area contributed by atoms with Gasteiger partial charge in [-0.15, -0.1) is 20.4 Å². The fourth-order valence-corrected chi connectivity index (χ4v) is 1.49. The van der Waals surface area contributed by atoms with Crippen LogP contribution >= 0.6 is 0 Å². The minimum atomic E-state index is -1.05. The lowest BCUT2D eigenvalue weighted by Gasteiger charge is -1.99. The third kappa shape index (κ3) is 2.66. The van der Waals surface area contributed by atoms with Crippen LogP contribution in [0.3, 0.4) is 0 Å². The van der Waals surface area contributed by atoms with Crippen molar-refractivity contribution in [2.75, 3.05) is 0 Å². The van der Waals surface area contributed by atoms with Crippen LogP contribution in [0.4, 0.5) is 0 Å². The molecule has 21 heavy (non-hydrogen) atoms. The molecule has 0 spiro atoms. The predicted octanol–water partition coefficient (Wildman–Crippen LogP) is 0.484. The molecule has 0 aromatic carbocycles. The van der Waals surface area contributed by atoms with E-state index in [0.29, 0.717) is 11.5 Å². The van der Waals surface area contributed by atoms with Crippen molar-refractivity contribution in [3.8, 4) is 23.2 Å². The van der Waals surface area contributed by atoms with Gasteiger partial charge in [0.1, 0.15) is 5.69 Å². The van der Waals surface area contributed by atoms with Gasteiger partial charge in [0.15, 0.2) is 0 Å². The third-order valence-electron chi connectivity index (χ3n) is 2.48. The Morgan fingerprint density at radius 2 is 1.52 bits per heavy atom. The zero-order valence-electron chi connectivity index (χ0n) is 10.5. The standard InChI is InChI=1S/C12H7N7O2/c20-12(21)7-2-3-8(15-6-7)9-16-18-11(19-17-9)10-13-4-1-5-14-10/h1-6H,(H,20,21). The Kier molecular flexibility index (Phi) is 3.21. The molecule has 102 valence electrons. The Bertz CT molecular complexity index is 760. The van der Waals surface area contributed by atoms with Crippen LogP contribution in [-0.4, -0.2) is 46.4 Å². The van der Waals surface area contributed by atoms with E-state index in [2.05, 4.69) is 35.3 Å². The summed E-state index contributed by atoms with van der Waals surface area (Å²) in [6.45, 7) is 0. The van der Waals surface area contributed by atoms with Gasteiger partial charge in [0.25, 0.3) is 0 Å². The molecule has 0 aliphatic carbocycles. The summed E-state index contributed by atoms with van der Waals surface area (Å²) in [6.07, 6.45) is 4.34. The molecular formula is C12H7N7O2. The first-order valence-electron chi connectivity index (χ1n) is 5.78. The van der Waals surface area contributed by atoms with Crippen LogP contribution < -0.4 is 0 Å². The smallest absolute Gasteiger partial charge is 0.337 e. The fourth-order valence-electron chi connectivity index (χ4n) is 1.49. The molecule has 0 aliphatic rings. The number of carboxylic acid groups (broad SMARTS) is 1.